The highest BCUT2D eigenvalue weighted by molar-refractivity contribution is 5.94. The number of morpholine rings is 1. The molecule has 1 aliphatic rings. The zero-order valence-corrected chi connectivity index (χ0v) is 11.6. The van der Waals surface area contributed by atoms with Gasteiger partial charge in [0.1, 0.15) is 5.69 Å². The quantitative estimate of drug-likeness (QED) is 0.838. The molecule has 2 aromatic rings. The van der Waals surface area contributed by atoms with Crippen molar-refractivity contribution < 1.29 is 9.53 Å². The third-order valence-corrected chi connectivity index (χ3v) is 3.63. The summed E-state index contributed by atoms with van der Waals surface area (Å²) >= 11 is 0. The molecule has 1 amide bonds. The Morgan fingerprint density at radius 1 is 1.10 bits per heavy atom. The fourth-order valence-corrected chi connectivity index (χ4v) is 2.49. The maximum absolute atomic E-state index is 12.5. The monoisotopic (exact) mass is 270 g/mol. The van der Waals surface area contributed by atoms with Crippen molar-refractivity contribution in [3.05, 3.63) is 48.3 Å². The molecule has 4 heteroatoms. The molecule has 1 fully saturated rings. The number of amides is 1. The van der Waals surface area contributed by atoms with Crippen molar-refractivity contribution >= 4 is 5.91 Å². The molecule has 104 valence electrons. The summed E-state index contributed by atoms with van der Waals surface area (Å²) in [6.07, 6.45) is 2.00. The average Bonchev–Trinajstić information content (AvgIpc) is 2.90. The maximum atomic E-state index is 12.5. The van der Waals surface area contributed by atoms with Gasteiger partial charge in [-0.05, 0) is 11.6 Å². The Labute approximate surface area is 118 Å². The minimum Gasteiger partial charge on any atom is -0.378 e. The van der Waals surface area contributed by atoms with Crippen molar-refractivity contribution in [2.75, 3.05) is 26.3 Å². The van der Waals surface area contributed by atoms with Crippen LogP contribution in [0.4, 0.5) is 0 Å². The highest BCUT2D eigenvalue weighted by Gasteiger charge is 2.21. The minimum absolute atomic E-state index is 0.0815. The van der Waals surface area contributed by atoms with Crippen LogP contribution in [0.3, 0.4) is 0 Å². The van der Waals surface area contributed by atoms with Crippen LogP contribution in [0.2, 0.25) is 0 Å². The van der Waals surface area contributed by atoms with Crippen molar-refractivity contribution in [1.29, 1.82) is 0 Å². The van der Waals surface area contributed by atoms with Crippen molar-refractivity contribution in [3.8, 4) is 11.1 Å². The van der Waals surface area contributed by atoms with Crippen LogP contribution in [0.25, 0.3) is 11.1 Å². The number of nitrogens with zero attached hydrogens (tertiary/aromatic N) is 2. The molecule has 0 unspecified atom stereocenters. The van der Waals surface area contributed by atoms with Crippen molar-refractivity contribution in [3.63, 3.8) is 0 Å². The maximum Gasteiger partial charge on any atom is 0.270 e. The van der Waals surface area contributed by atoms with E-state index in [1.165, 1.54) is 0 Å². The van der Waals surface area contributed by atoms with E-state index in [0.717, 1.165) is 16.8 Å². The van der Waals surface area contributed by atoms with E-state index in [9.17, 15) is 4.79 Å². The summed E-state index contributed by atoms with van der Waals surface area (Å²) < 4.78 is 7.19. The fourth-order valence-electron chi connectivity index (χ4n) is 2.49. The van der Waals surface area contributed by atoms with Gasteiger partial charge in [-0.2, -0.15) is 0 Å². The number of hydrogen-bond donors (Lipinski definition) is 0. The number of carbonyl (C=O) groups is 1. The number of aromatic nitrogens is 1. The Morgan fingerprint density at radius 3 is 2.50 bits per heavy atom. The molecule has 0 aliphatic carbocycles. The van der Waals surface area contributed by atoms with Gasteiger partial charge in [-0.1, -0.05) is 30.3 Å². The lowest BCUT2D eigenvalue weighted by Crippen LogP contribution is -2.41. The van der Waals surface area contributed by atoms with Crippen LogP contribution in [0.15, 0.2) is 42.6 Å². The smallest absolute Gasteiger partial charge is 0.270 e. The molecule has 1 aromatic heterocycles. The van der Waals surface area contributed by atoms with E-state index >= 15 is 0 Å². The van der Waals surface area contributed by atoms with Gasteiger partial charge in [-0.25, -0.2) is 0 Å². The normalized spacial score (nSPS) is 15.3. The van der Waals surface area contributed by atoms with E-state index in [0.29, 0.717) is 26.3 Å². The average molecular weight is 270 g/mol. The lowest BCUT2D eigenvalue weighted by atomic mass is 10.1. The number of ether oxygens (including phenoxy) is 1. The molecule has 1 aliphatic heterocycles. The van der Waals surface area contributed by atoms with Gasteiger partial charge in [0.15, 0.2) is 0 Å². The van der Waals surface area contributed by atoms with Crippen molar-refractivity contribution in [2.24, 2.45) is 7.05 Å². The van der Waals surface area contributed by atoms with E-state index < -0.39 is 0 Å². The summed E-state index contributed by atoms with van der Waals surface area (Å²) in [5, 5.41) is 0. The molecule has 20 heavy (non-hydrogen) atoms. The van der Waals surface area contributed by atoms with E-state index in [2.05, 4.69) is 12.1 Å². The first-order valence-electron chi connectivity index (χ1n) is 6.84. The predicted molar refractivity (Wildman–Crippen MR) is 77.6 cm³/mol. The summed E-state index contributed by atoms with van der Waals surface area (Å²) in [4.78, 5) is 14.4. The van der Waals surface area contributed by atoms with Crippen LogP contribution >= 0.6 is 0 Å². The topological polar surface area (TPSA) is 34.5 Å². The third kappa shape index (κ3) is 2.47. The van der Waals surface area contributed by atoms with Gasteiger partial charge in [-0.3, -0.25) is 4.79 Å². The van der Waals surface area contributed by atoms with Gasteiger partial charge in [0.2, 0.25) is 0 Å². The van der Waals surface area contributed by atoms with E-state index in [1.807, 2.05) is 47.0 Å². The van der Waals surface area contributed by atoms with Gasteiger partial charge < -0.3 is 14.2 Å². The molecule has 0 spiro atoms. The predicted octanol–water partition coefficient (Wildman–Crippen LogP) is 2.16. The number of benzene rings is 1. The Hall–Kier alpha value is -2.07. The van der Waals surface area contributed by atoms with Gasteiger partial charge >= 0.3 is 0 Å². The minimum atomic E-state index is 0.0815. The summed E-state index contributed by atoms with van der Waals surface area (Å²) in [6.45, 7) is 2.60. The molecule has 0 bridgehead atoms. The summed E-state index contributed by atoms with van der Waals surface area (Å²) in [5.41, 5.74) is 2.93. The molecule has 0 N–H and O–H groups in total. The second-order valence-corrected chi connectivity index (χ2v) is 5.00. The van der Waals surface area contributed by atoms with Crippen LogP contribution in [0.5, 0.6) is 0 Å². The van der Waals surface area contributed by atoms with Crippen LogP contribution in [-0.4, -0.2) is 41.7 Å². The van der Waals surface area contributed by atoms with Crippen molar-refractivity contribution in [2.45, 2.75) is 0 Å². The van der Waals surface area contributed by atoms with Crippen LogP contribution < -0.4 is 0 Å². The number of hydrogen-bond acceptors (Lipinski definition) is 2. The Morgan fingerprint density at radius 2 is 1.80 bits per heavy atom. The van der Waals surface area contributed by atoms with E-state index in [1.54, 1.807) is 0 Å². The molecule has 1 aromatic carbocycles. The first kappa shape index (κ1) is 12.9. The van der Waals surface area contributed by atoms with Gasteiger partial charge in [0.25, 0.3) is 5.91 Å². The Balaban J connectivity index is 1.87. The second-order valence-electron chi connectivity index (χ2n) is 5.00. The highest BCUT2D eigenvalue weighted by Crippen LogP contribution is 2.22. The van der Waals surface area contributed by atoms with Crippen LogP contribution in [0, 0.1) is 0 Å². The van der Waals surface area contributed by atoms with E-state index in [-0.39, 0.29) is 5.91 Å². The largest absolute Gasteiger partial charge is 0.378 e. The summed E-state index contributed by atoms with van der Waals surface area (Å²) in [7, 11) is 1.92. The third-order valence-electron chi connectivity index (χ3n) is 3.63. The molecule has 0 radical (unpaired) electrons. The molecule has 0 atom stereocenters. The van der Waals surface area contributed by atoms with Gasteiger partial charge in [-0.15, -0.1) is 0 Å². The summed E-state index contributed by atoms with van der Waals surface area (Å²) in [6, 6.07) is 12.1. The first-order chi connectivity index (χ1) is 9.75. The lowest BCUT2D eigenvalue weighted by molar-refractivity contribution is 0.0296. The Kier molecular flexibility index (Phi) is 3.56. The SMILES string of the molecule is Cn1cc(-c2ccccc2)cc1C(=O)N1CCOCC1. The van der Waals surface area contributed by atoms with E-state index in [4.69, 9.17) is 4.74 Å². The molecular formula is C16H18N2O2. The number of rotatable bonds is 2. The highest BCUT2D eigenvalue weighted by atomic mass is 16.5. The molecule has 4 nitrogen and oxygen atoms in total. The fraction of sp³-hybridized carbons (Fsp3) is 0.312. The zero-order valence-electron chi connectivity index (χ0n) is 11.6. The second kappa shape index (κ2) is 5.51. The number of aryl methyl sites for hydroxylation is 1. The molecule has 0 saturated carbocycles. The molecule has 2 heterocycles. The van der Waals surface area contributed by atoms with Crippen LogP contribution in [0.1, 0.15) is 10.5 Å². The summed E-state index contributed by atoms with van der Waals surface area (Å²) in [5.74, 6) is 0.0815. The standard InChI is InChI=1S/C16H18N2O2/c1-17-12-14(13-5-3-2-4-6-13)11-15(17)16(19)18-7-9-20-10-8-18/h2-6,11-12H,7-10H2,1H3. The van der Waals surface area contributed by atoms with Crippen molar-refractivity contribution in [1.82, 2.24) is 9.47 Å². The van der Waals surface area contributed by atoms with Gasteiger partial charge in [0.05, 0.1) is 13.2 Å². The molecule has 1 saturated heterocycles. The zero-order chi connectivity index (χ0) is 13.9. The number of carbonyl (C=O) groups excluding carboxylic acids is 1. The lowest BCUT2D eigenvalue weighted by Gasteiger charge is -2.26. The Bertz CT molecular complexity index is 598. The molecular weight excluding hydrogens is 252 g/mol. The van der Waals surface area contributed by atoms with Crippen LogP contribution in [-0.2, 0) is 11.8 Å². The first-order valence-corrected chi connectivity index (χ1v) is 6.84. The molecule has 3 rings (SSSR count). The van der Waals surface area contributed by atoms with Gasteiger partial charge in [0, 0.05) is 31.9 Å².